The normalized spacial score (nSPS) is 10.9. The zero-order valence-electron chi connectivity index (χ0n) is 12.5. The molecule has 1 aromatic carbocycles. The first-order valence-electron chi connectivity index (χ1n) is 6.96. The monoisotopic (exact) mass is 288 g/mol. The second-order valence-electron chi connectivity index (χ2n) is 5.20. The highest BCUT2D eigenvalue weighted by molar-refractivity contribution is 5.93. The summed E-state index contributed by atoms with van der Waals surface area (Å²) in [6.45, 7) is 6.10. The predicted octanol–water partition coefficient (Wildman–Crippen LogP) is 1.42. The van der Waals surface area contributed by atoms with Crippen molar-refractivity contribution in [2.45, 2.75) is 26.7 Å². The maximum absolute atomic E-state index is 12.1. The van der Waals surface area contributed by atoms with E-state index in [-0.39, 0.29) is 25.0 Å². The topological polar surface area (TPSA) is 80.0 Å². The van der Waals surface area contributed by atoms with Gasteiger partial charge in [0.15, 0.2) is 5.69 Å². The number of aliphatic hydroxyl groups is 1. The Morgan fingerprint density at radius 2 is 2.00 bits per heavy atom. The third-order valence-electron chi connectivity index (χ3n) is 3.14. The highest BCUT2D eigenvalue weighted by Crippen LogP contribution is 2.21. The molecule has 6 heteroatoms. The number of hydrogen-bond acceptors (Lipinski definition) is 4. The smallest absolute Gasteiger partial charge is 0.273 e. The molecule has 0 saturated heterocycles. The SMILES string of the molecule is Cc1ccc(-n2nnc(C(=O)NCCO)c2C(C)C)cc1. The van der Waals surface area contributed by atoms with E-state index in [2.05, 4.69) is 15.6 Å². The van der Waals surface area contributed by atoms with Crippen molar-refractivity contribution in [2.24, 2.45) is 0 Å². The molecule has 0 aliphatic heterocycles. The lowest BCUT2D eigenvalue weighted by atomic mass is 10.1. The van der Waals surface area contributed by atoms with Crippen molar-refractivity contribution in [1.82, 2.24) is 20.3 Å². The summed E-state index contributed by atoms with van der Waals surface area (Å²) in [5.41, 5.74) is 3.09. The lowest BCUT2D eigenvalue weighted by Crippen LogP contribution is -2.28. The van der Waals surface area contributed by atoms with Crippen molar-refractivity contribution >= 4 is 5.91 Å². The van der Waals surface area contributed by atoms with Crippen LogP contribution in [0, 0.1) is 6.92 Å². The van der Waals surface area contributed by atoms with Gasteiger partial charge in [-0.25, -0.2) is 4.68 Å². The van der Waals surface area contributed by atoms with Crippen molar-refractivity contribution in [1.29, 1.82) is 0 Å². The van der Waals surface area contributed by atoms with E-state index in [1.165, 1.54) is 0 Å². The number of amides is 1. The van der Waals surface area contributed by atoms with E-state index in [0.29, 0.717) is 5.69 Å². The molecule has 0 saturated carbocycles. The third kappa shape index (κ3) is 3.28. The molecule has 1 aromatic heterocycles. The van der Waals surface area contributed by atoms with E-state index in [9.17, 15) is 4.79 Å². The standard InChI is InChI=1S/C15H20N4O2/c1-10(2)14-13(15(21)16-8-9-20)17-18-19(14)12-6-4-11(3)5-7-12/h4-7,10,20H,8-9H2,1-3H3,(H,16,21). The summed E-state index contributed by atoms with van der Waals surface area (Å²) in [5, 5.41) is 19.5. The first-order valence-corrected chi connectivity index (χ1v) is 6.96. The van der Waals surface area contributed by atoms with Crippen LogP contribution in [0.25, 0.3) is 5.69 Å². The molecular formula is C15H20N4O2. The Bertz CT molecular complexity index is 617. The lowest BCUT2D eigenvalue weighted by Gasteiger charge is -2.11. The van der Waals surface area contributed by atoms with Crippen LogP contribution in [-0.4, -0.2) is 39.2 Å². The lowest BCUT2D eigenvalue weighted by molar-refractivity contribution is 0.0938. The van der Waals surface area contributed by atoms with E-state index in [1.54, 1.807) is 4.68 Å². The Labute approximate surface area is 123 Å². The molecule has 0 aliphatic carbocycles. The summed E-state index contributed by atoms with van der Waals surface area (Å²) in [6, 6.07) is 7.88. The number of aryl methyl sites for hydroxylation is 1. The zero-order valence-corrected chi connectivity index (χ0v) is 12.5. The molecule has 0 fully saturated rings. The second-order valence-corrected chi connectivity index (χ2v) is 5.20. The largest absolute Gasteiger partial charge is 0.395 e. The van der Waals surface area contributed by atoms with Crippen LogP contribution >= 0.6 is 0 Å². The van der Waals surface area contributed by atoms with Gasteiger partial charge in [-0.3, -0.25) is 4.79 Å². The maximum Gasteiger partial charge on any atom is 0.273 e. The van der Waals surface area contributed by atoms with Crippen molar-refractivity contribution in [3.8, 4) is 5.69 Å². The van der Waals surface area contributed by atoms with Crippen molar-refractivity contribution in [3.63, 3.8) is 0 Å². The van der Waals surface area contributed by atoms with Crippen LogP contribution < -0.4 is 5.32 Å². The van der Waals surface area contributed by atoms with Gasteiger partial charge in [-0.15, -0.1) is 5.10 Å². The van der Waals surface area contributed by atoms with E-state index >= 15 is 0 Å². The number of hydrogen-bond donors (Lipinski definition) is 2. The highest BCUT2D eigenvalue weighted by Gasteiger charge is 2.22. The van der Waals surface area contributed by atoms with Gasteiger partial charge in [0.1, 0.15) is 0 Å². The Kier molecular flexibility index (Phi) is 4.70. The molecule has 0 spiro atoms. The van der Waals surface area contributed by atoms with Gasteiger partial charge < -0.3 is 10.4 Å². The number of benzene rings is 1. The van der Waals surface area contributed by atoms with Gasteiger partial charge in [-0.1, -0.05) is 36.8 Å². The van der Waals surface area contributed by atoms with Crippen molar-refractivity contribution in [2.75, 3.05) is 13.2 Å². The molecule has 0 radical (unpaired) electrons. The zero-order chi connectivity index (χ0) is 15.4. The molecule has 0 atom stereocenters. The summed E-state index contributed by atoms with van der Waals surface area (Å²) in [6.07, 6.45) is 0. The summed E-state index contributed by atoms with van der Waals surface area (Å²) < 4.78 is 1.69. The van der Waals surface area contributed by atoms with E-state index < -0.39 is 0 Å². The minimum atomic E-state index is -0.314. The number of carbonyl (C=O) groups is 1. The molecule has 0 unspecified atom stereocenters. The number of aromatic nitrogens is 3. The van der Waals surface area contributed by atoms with Crippen LogP contribution in [-0.2, 0) is 0 Å². The van der Waals surface area contributed by atoms with E-state index in [1.807, 2.05) is 45.0 Å². The van der Waals surface area contributed by atoms with Crippen LogP contribution in [0.2, 0.25) is 0 Å². The fourth-order valence-electron chi connectivity index (χ4n) is 2.10. The fraction of sp³-hybridized carbons (Fsp3) is 0.400. The number of aliphatic hydroxyl groups excluding tert-OH is 1. The summed E-state index contributed by atoms with van der Waals surface area (Å²) in [7, 11) is 0. The molecule has 1 amide bonds. The Balaban J connectivity index is 2.41. The highest BCUT2D eigenvalue weighted by atomic mass is 16.3. The Morgan fingerprint density at radius 1 is 1.33 bits per heavy atom. The number of carbonyl (C=O) groups excluding carboxylic acids is 1. The number of rotatable bonds is 5. The van der Waals surface area contributed by atoms with Crippen molar-refractivity contribution in [3.05, 3.63) is 41.2 Å². The minimum absolute atomic E-state index is 0.0937. The number of nitrogens with zero attached hydrogens (tertiary/aromatic N) is 3. The summed E-state index contributed by atoms with van der Waals surface area (Å²) in [4.78, 5) is 12.1. The molecule has 112 valence electrons. The number of nitrogens with one attached hydrogen (secondary N) is 1. The van der Waals surface area contributed by atoms with Gasteiger partial charge >= 0.3 is 0 Å². The molecule has 2 aromatic rings. The van der Waals surface area contributed by atoms with Gasteiger partial charge in [0.25, 0.3) is 5.91 Å². The Hall–Kier alpha value is -2.21. The molecule has 6 nitrogen and oxygen atoms in total. The quantitative estimate of drug-likeness (QED) is 0.872. The van der Waals surface area contributed by atoms with E-state index in [4.69, 9.17) is 5.11 Å². The molecule has 0 bridgehead atoms. The minimum Gasteiger partial charge on any atom is -0.395 e. The third-order valence-corrected chi connectivity index (χ3v) is 3.14. The van der Waals surface area contributed by atoms with Crippen LogP contribution in [0.4, 0.5) is 0 Å². The maximum atomic E-state index is 12.1. The average molecular weight is 288 g/mol. The molecule has 0 aliphatic rings. The van der Waals surface area contributed by atoms with Gasteiger partial charge in [-0.05, 0) is 25.0 Å². The predicted molar refractivity (Wildman–Crippen MR) is 79.6 cm³/mol. The summed E-state index contributed by atoms with van der Waals surface area (Å²) >= 11 is 0. The second kappa shape index (κ2) is 6.49. The molecular weight excluding hydrogens is 268 g/mol. The average Bonchev–Trinajstić information content (AvgIpc) is 2.90. The fourth-order valence-corrected chi connectivity index (χ4v) is 2.10. The molecule has 1 heterocycles. The van der Waals surface area contributed by atoms with Crippen LogP contribution in [0.3, 0.4) is 0 Å². The molecule has 2 N–H and O–H groups in total. The van der Waals surface area contributed by atoms with E-state index in [0.717, 1.165) is 16.9 Å². The van der Waals surface area contributed by atoms with Gasteiger partial charge in [0.2, 0.25) is 0 Å². The van der Waals surface area contributed by atoms with Gasteiger partial charge in [0, 0.05) is 6.54 Å². The van der Waals surface area contributed by atoms with Crippen LogP contribution in [0.1, 0.15) is 41.5 Å². The molecule has 21 heavy (non-hydrogen) atoms. The van der Waals surface area contributed by atoms with Gasteiger partial charge in [-0.2, -0.15) is 0 Å². The first kappa shape index (κ1) is 15.2. The summed E-state index contributed by atoms with van der Waals surface area (Å²) in [5.74, 6) is -0.220. The van der Waals surface area contributed by atoms with Gasteiger partial charge in [0.05, 0.1) is 18.0 Å². The van der Waals surface area contributed by atoms with Crippen LogP contribution in [0.5, 0.6) is 0 Å². The Morgan fingerprint density at radius 3 is 2.57 bits per heavy atom. The first-order chi connectivity index (χ1) is 10.0. The van der Waals surface area contributed by atoms with Crippen molar-refractivity contribution < 1.29 is 9.90 Å². The molecule has 2 rings (SSSR count). The van der Waals surface area contributed by atoms with Crippen LogP contribution in [0.15, 0.2) is 24.3 Å².